The molecule has 0 saturated heterocycles. The van der Waals surface area contributed by atoms with Gasteiger partial charge in [0.15, 0.2) is 0 Å². The van der Waals surface area contributed by atoms with E-state index in [1.54, 1.807) is 29.2 Å². The van der Waals surface area contributed by atoms with E-state index in [2.05, 4.69) is 0 Å². The maximum atomic E-state index is 13.0. The fourth-order valence-corrected chi connectivity index (χ4v) is 4.10. The van der Waals surface area contributed by atoms with Crippen LogP contribution in [0.25, 0.3) is 0 Å². The average Bonchev–Trinajstić information content (AvgIpc) is 3.01. The normalized spacial score (nSPS) is 15.5. The zero-order valence-corrected chi connectivity index (χ0v) is 15.6. The topological polar surface area (TPSA) is 57.6 Å². The number of carbonyl (C=O) groups excluding carboxylic acids is 1. The first-order valence-corrected chi connectivity index (χ1v) is 9.34. The molecule has 0 aliphatic heterocycles. The van der Waals surface area contributed by atoms with E-state index in [0.29, 0.717) is 22.7 Å². The first kappa shape index (κ1) is 18.7. The van der Waals surface area contributed by atoms with Gasteiger partial charge in [0.1, 0.15) is 0 Å². The van der Waals surface area contributed by atoms with Crippen LogP contribution in [0, 0.1) is 0 Å². The van der Waals surface area contributed by atoms with E-state index in [1.165, 1.54) is 0 Å². The number of carboxylic acid groups (broad SMARTS) is 1. The summed E-state index contributed by atoms with van der Waals surface area (Å²) in [6, 6.07) is 12.7. The smallest absolute Gasteiger partial charge is 0.303 e. The van der Waals surface area contributed by atoms with Gasteiger partial charge in [-0.1, -0.05) is 35.9 Å². The molecule has 1 amide bonds. The van der Waals surface area contributed by atoms with Gasteiger partial charge in [0, 0.05) is 18.5 Å². The van der Waals surface area contributed by atoms with Crippen LogP contribution in [0.15, 0.2) is 42.5 Å². The second kappa shape index (κ2) is 8.11. The summed E-state index contributed by atoms with van der Waals surface area (Å²) in [6.07, 6.45) is 2.02. The zero-order valence-electron chi connectivity index (χ0n) is 14.1. The van der Waals surface area contributed by atoms with Crippen molar-refractivity contribution in [3.8, 4) is 0 Å². The Kier molecular flexibility index (Phi) is 5.84. The average molecular weight is 392 g/mol. The Labute approximate surface area is 162 Å². The second-order valence-corrected chi connectivity index (χ2v) is 7.20. The Balaban J connectivity index is 1.97. The molecule has 0 spiro atoms. The molecule has 0 aromatic heterocycles. The van der Waals surface area contributed by atoms with Crippen LogP contribution in [-0.2, 0) is 11.2 Å². The molecular weight excluding hydrogens is 373 g/mol. The predicted octanol–water partition coefficient (Wildman–Crippen LogP) is 5.08. The van der Waals surface area contributed by atoms with Gasteiger partial charge in [0.05, 0.1) is 16.1 Å². The van der Waals surface area contributed by atoms with Crippen LogP contribution in [0.1, 0.15) is 46.1 Å². The third kappa shape index (κ3) is 3.87. The third-order valence-corrected chi connectivity index (χ3v) is 5.39. The van der Waals surface area contributed by atoms with Crippen LogP contribution in [-0.4, -0.2) is 23.5 Å². The Hall–Kier alpha value is -2.04. The fourth-order valence-electron chi connectivity index (χ4n) is 3.27. The lowest BCUT2D eigenvalue weighted by Gasteiger charge is -2.25. The predicted molar refractivity (Wildman–Crippen MR) is 103 cm³/mol. The minimum Gasteiger partial charge on any atom is -0.481 e. The van der Waals surface area contributed by atoms with E-state index in [4.69, 9.17) is 28.3 Å². The summed E-state index contributed by atoms with van der Waals surface area (Å²) >= 11 is 13.0. The standard InChI is InChI=1S/C20H19Cl2NO3/c21-15-10-8-13-9-11-16(19(22)18(13)15)23(12-4-7-17(24)25)20(26)14-5-2-1-3-6-14/h1-3,5-6,9,11,15H,4,7-8,10,12H2,(H,24,25). The monoisotopic (exact) mass is 391 g/mol. The van der Waals surface area contributed by atoms with Crippen LogP contribution in [0.4, 0.5) is 5.69 Å². The molecule has 1 aliphatic rings. The molecule has 1 unspecified atom stereocenters. The van der Waals surface area contributed by atoms with Crippen molar-refractivity contribution in [2.75, 3.05) is 11.4 Å². The van der Waals surface area contributed by atoms with E-state index in [-0.39, 0.29) is 24.2 Å². The van der Waals surface area contributed by atoms with Gasteiger partial charge in [0.25, 0.3) is 5.91 Å². The Bertz CT molecular complexity index is 823. The number of carbonyl (C=O) groups is 2. The number of hydrogen-bond acceptors (Lipinski definition) is 2. The van der Waals surface area contributed by atoms with Crippen LogP contribution in [0.2, 0.25) is 5.02 Å². The maximum absolute atomic E-state index is 13.0. The van der Waals surface area contributed by atoms with E-state index < -0.39 is 5.97 Å². The van der Waals surface area contributed by atoms with Crippen molar-refractivity contribution in [3.05, 3.63) is 64.2 Å². The minimum atomic E-state index is -0.891. The summed E-state index contributed by atoms with van der Waals surface area (Å²) in [5.74, 6) is -1.10. The molecule has 136 valence electrons. The SMILES string of the molecule is O=C(O)CCCN(C(=O)c1ccccc1)c1ccc2c(c1Cl)C(Cl)CC2. The quantitative estimate of drug-likeness (QED) is 0.698. The number of fused-ring (bicyclic) bond motifs is 1. The van der Waals surface area contributed by atoms with Gasteiger partial charge in [0.2, 0.25) is 0 Å². The van der Waals surface area contributed by atoms with Crippen molar-refractivity contribution in [1.29, 1.82) is 0 Å². The number of anilines is 1. The molecule has 26 heavy (non-hydrogen) atoms. The fraction of sp³-hybridized carbons (Fsp3) is 0.300. The van der Waals surface area contributed by atoms with Crippen LogP contribution in [0.3, 0.4) is 0 Å². The summed E-state index contributed by atoms with van der Waals surface area (Å²) in [4.78, 5) is 25.5. The van der Waals surface area contributed by atoms with E-state index in [0.717, 1.165) is 24.0 Å². The first-order valence-electron chi connectivity index (χ1n) is 8.53. The van der Waals surface area contributed by atoms with E-state index in [9.17, 15) is 9.59 Å². The summed E-state index contributed by atoms with van der Waals surface area (Å²) in [5.41, 5.74) is 3.10. The Morgan fingerprint density at radius 3 is 2.58 bits per heavy atom. The minimum absolute atomic E-state index is 0.0146. The lowest BCUT2D eigenvalue weighted by atomic mass is 10.1. The van der Waals surface area contributed by atoms with E-state index in [1.807, 2.05) is 18.2 Å². The van der Waals surface area contributed by atoms with Crippen LogP contribution < -0.4 is 4.90 Å². The number of aliphatic carboxylic acids is 1. The number of benzene rings is 2. The van der Waals surface area contributed by atoms with E-state index >= 15 is 0 Å². The number of hydrogen-bond donors (Lipinski definition) is 1. The largest absolute Gasteiger partial charge is 0.481 e. The molecule has 0 bridgehead atoms. The summed E-state index contributed by atoms with van der Waals surface area (Å²) < 4.78 is 0. The molecule has 0 saturated carbocycles. The van der Waals surface area contributed by atoms with Crippen molar-refractivity contribution in [1.82, 2.24) is 0 Å². The maximum Gasteiger partial charge on any atom is 0.303 e. The lowest BCUT2D eigenvalue weighted by molar-refractivity contribution is -0.137. The highest BCUT2D eigenvalue weighted by Gasteiger charge is 2.28. The Morgan fingerprint density at radius 1 is 1.15 bits per heavy atom. The summed E-state index contributed by atoms with van der Waals surface area (Å²) in [6.45, 7) is 0.269. The van der Waals surface area contributed by atoms with Gasteiger partial charge in [-0.05, 0) is 48.6 Å². The number of aryl methyl sites for hydroxylation is 1. The number of halogens is 2. The number of rotatable bonds is 6. The number of carboxylic acids is 1. The van der Waals surface area contributed by atoms with Gasteiger partial charge in [-0.15, -0.1) is 11.6 Å². The van der Waals surface area contributed by atoms with Crippen molar-refractivity contribution < 1.29 is 14.7 Å². The van der Waals surface area contributed by atoms with Crippen molar-refractivity contribution in [3.63, 3.8) is 0 Å². The number of alkyl halides is 1. The highest BCUT2D eigenvalue weighted by Crippen LogP contribution is 2.44. The van der Waals surface area contributed by atoms with Gasteiger partial charge >= 0.3 is 5.97 Å². The van der Waals surface area contributed by atoms with Crippen molar-refractivity contribution >= 4 is 40.8 Å². The van der Waals surface area contributed by atoms with Gasteiger partial charge < -0.3 is 10.0 Å². The van der Waals surface area contributed by atoms with Gasteiger partial charge in [-0.2, -0.15) is 0 Å². The molecular formula is C20H19Cl2NO3. The highest BCUT2D eigenvalue weighted by atomic mass is 35.5. The van der Waals surface area contributed by atoms with Crippen molar-refractivity contribution in [2.24, 2.45) is 0 Å². The molecule has 1 atom stereocenters. The first-order chi connectivity index (χ1) is 12.5. The lowest BCUT2D eigenvalue weighted by Crippen LogP contribution is -2.32. The van der Waals surface area contributed by atoms with Crippen LogP contribution >= 0.6 is 23.2 Å². The number of nitrogens with zero attached hydrogens (tertiary/aromatic N) is 1. The highest BCUT2D eigenvalue weighted by molar-refractivity contribution is 6.36. The molecule has 0 fully saturated rings. The van der Waals surface area contributed by atoms with Gasteiger partial charge in [-0.3, -0.25) is 9.59 Å². The molecule has 1 N–H and O–H groups in total. The molecule has 6 heteroatoms. The molecule has 3 rings (SSSR count). The Morgan fingerprint density at radius 2 is 1.88 bits per heavy atom. The molecule has 2 aromatic rings. The summed E-state index contributed by atoms with van der Waals surface area (Å²) in [7, 11) is 0. The number of amides is 1. The van der Waals surface area contributed by atoms with Crippen LogP contribution in [0.5, 0.6) is 0 Å². The molecule has 2 aromatic carbocycles. The van der Waals surface area contributed by atoms with Crippen molar-refractivity contribution in [2.45, 2.75) is 31.1 Å². The third-order valence-electron chi connectivity index (χ3n) is 4.56. The molecule has 4 nitrogen and oxygen atoms in total. The molecule has 0 heterocycles. The molecule has 0 radical (unpaired) electrons. The van der Waals surface area contributed by atoms with Gasteiger partial charge in [-0.25, -0.2) is 0 Å². The second-order valence-electron chi connectivity index (χ2n) is 6.30. The molecule has 1 aliphatic carbocycles. The zero-order chi connectivity index (χ0) is 18.7. The summed E-state index contributed by atoms with van der Waals surface area (Å²) in [5, 5.41) is 9.25.